The zero-order valence-corrected chi connectivity index (χ0v) is 14.4. The third kappa shape index (κ3) is 3.30. The molecule has 2 heterocycles. The molecule has 3 fully saturated rings. The van der Waals surface area contributed by atoms with Crippen LogP contribution in [0.15, 0.2) is 0 Å². The molecule has 3 rings (SSSR count). The fourth-order valence-electron chi connectivity index (χ4n) is 4.33. The van der Waals surface area contributed by atoms with Crippen LogP contribution in [-0.4, -0.2) is 36.2 Å². The van der Waals surface area contributed by atoms with Crippen molar-refractivity contribution in [2.24, 2.45) is 17.8 Å². The van der Waals surface area contributed by atoms with E-state index in [-0.39, 0.29) is 18.1 Å². The van der Waals surface area contributed by atoms with E-state index in [4.69, 9.17) is 4.74 Å². The minimum atomic E-state index is 0.112. The highest BCUT2D eigenvalue weighted by Gasteiger charge is 2.50. The number of halogens is 1. The molecule has 0 aromatic heterocycles. The van der Waals surface area contributed by atoms with Crippen molar-refractivity contribution in [2.75, 3.05) is 13.2 Å². The average molecular weight is 359 g/mol. The van der Waals surface area contributed by atoms with E-state index in [1.807, 2.05) is 0 Å². The molecule has 0 aromatic carbocycles. The second kappa shape index (κ2) is 6.97. The fraction of sp³-hybridized carbons (Fsp3) is 0.938. The van der Waals surface area contributed by atoms with Gasteiger partial charge in [0.05, 0.1) is 0 Å². The summed E-state index contributed by atoms with van der Waals surface area (Å²) in [6, 6.07) is 0.296. The van der Waals surface area contributed by atoms with Gasteiger partial charge in [0.15, 0.2) is 0 Å². The van der Waals surface area contributed by atoms with Crippen molar-refractivity contribution in [3.05, 3.63) is 0 Å². The van der Waals surface area contributed by atoms with E-state index in [0.717, 1.165) is 51.7 Å². The summed E-state index contributed by atoms with van der Waals surface area (Å²) in [7, 11) is 0. The van der Waals surface area contributed by atoms with E-state index in [9.17, 15) is 4.79 Å². The van der Waals surface area contributed by atoms with Crippen LogP contribution < -0.4 is 10.6 Å². The van der Waals surface area contributed by atoms with Crippen molar-refractivity contribution in [1.29, 1.82) is 0 Å². The smallest absolute Gasteiger partial charge is 0.223 e. The molecule has 1 saturated carbocycles. The third-order valence-corrected chi connectivity index (χ3v) is 6.24. The lowest BCUT2D eigenvalue weighted by atomic mass is 9.65. The first-order valence-corrected chi connectivity index (χ1v) is 9.41. The Morgan fingerprint density at radius 2 is 2.19 bits per heavy atom. The molecule has 2 aliphatic heterocycles. The highest BCUT2D eigenvalue weighted by molar-refractivity contribution is 9.09. The number of alkyl halides is 1. The number of amides is 1. The summed E-state index contributed by atoms with van der Waals surface area (Å²) in [6.07, 6.45) is 6.64. The van der Waals surface area contributed by atoms with Crippen LogP contribution in [0.4, 0.5) is 0 Å². The van der Waals surface area contributed by atoms with Crippen LogP contribution in [0.3, 0.4) is 0 Å². The topological polar surface area (TPSA) is 50.4 Å². The van der Waals surface area contributed by atoms with Gasteiger partial charge < -0.3 is 10.1 Å². The summed E-state index contributed by atoms with van der Waals surface area (Å²) in [5.41, 5.74) is 0. The van der Waals surface area contributed by atoms with Gasteiger partial charge in [-0.1, -0.05) is 29.3 Å². The quantitative estimate of drug-likeness (QED) is 0.599. The van der Waals surface area contributed by atoms with Crippen molar-refractivity contribution in [1.82, 2.24) is 10.6 Å². The third-order valence-electron chi connectivity index (χ3n) is 5.40. The molecule has 5 heteroatoms. The summed E-state index contributed by atoms with van der Waals surface area (Å²) in [5, 5.41) is 6.83. The Morgan fingerprint density at radius 1 is 1.33 bits per heavy atom. The van der Waals surface area contributed by atoms with Gasteiger partial charge in [0, 0.05) is 29.3 Å². The van der Waals surface area contributed by atoms with Crippen LogP contribution in [-0.2, 0) is 9.53 Å². The van der Waals surface area contributed by atoms with Gasteiger partial charge in [-0.15, -0.1) is 0 Å². The summed E-state index contributed by atoms with van der Waals surface area (Å²) >= 11 is 3.78. The first kappa shape index (κ1) is 15.8. The maximum absolute atomic E-state index is 12.4. The number of ether oxygens (including phenoxy) is 1. The minimum Gasteiger partial charge on any atom is -0.363 e. The van der Waals surface area contributed by atoms with Crippen LogP contribution in [0.5, 0.6) is 0 Å². The van der Waals surface area contributed by atoms with E-state index < -0.39 is 0 Å². The predicted octanol–water partition coefficient (Wildman–Crippen LogP) is 2.42. The monoisotopic (exact) mass is 358 g/mol. The average Bonchev–Trinajstić information content (AvgIpc) is 2.47. The molecule has 1 aliphatic carbocycles. The molecule has 0 aromatic rings. The van der Waals surface area contributed by atoms with Gasteiger partial charge in [-0.25, -0.2) is 0 Å². The van der Waals surface area contributed by atoms with E-state index in [2.05, 4.69) is 33.5 Å². The summed E-state index contributed by atoms with van der Waals surface area (Å²) in [6.45, 7) is 3.95. The Hall–Kier alpha value is -0.130. The van der Waals surface area contributed by atoms with E-state index >= 15 is 0 Å². The van der Waals surface area contributed by atoms with Gasteiger partial charge in [0.25, 0.3) is 0 Å². The first-order valence-electron chi connectivity index (χ1n) is 8.50. The van der Waals surface area contributed by atoms with Crippen molar-refractivity contribution in [3.63, 3.8) is 0 Å². The standard InChI is InChI=1S/C16H27BrN2O2/c1-2-3-8-21-16-14-12-9-10(17)4-5-11(12)15(20)19-13(14)6-7-18-16/h10-14,16,18H,2-9H2,1H3,(H,19,20). The van der Waals surface area contributed by atoms with Crippen LogP contribution >= 0.6 is 15.9 Å². The van der Waals surface area contributed by atoms with Crippen LogP contribution in [0.1, 0.15) is 45.4 Å². The van der Waals surface area contributed by atoms with E-state index in [0.29, 0.717) is 22.7 Å². The second-order valence-electron chi connectivity index (χ2n) is 6.76. The van der Waals surface area contributed by atoms with Crippen molar-refractivity contribution in [3.8, 4) is 0 Å². The first-order chi connectivity index (χ1) is 10.2. The van der Waals surface area contributed by atoms with Gasteiger partial charge in [0.1, 0.15) is 6.23 Å². The molecule has 3 aliphatic rings. The summed E-state index contributed by atoms with van der Waals surface area (Å²) in [4.78, 5) is 12.9. The van der Waals surface area contributed by atoms with Gasteiger partial charge in [0.2, 0.25) is 5.91 Å². The Kier molecular flexibility index (Phi) is 5.23. The number of fused-ring (bicyclic) bond motifs is 3. The number of nitrogens with one attached hydrogen (secondary N) is 2. The Balaban J connectivity index is 1.74. The zero-order valence-electron chi connectivity index (χ0n) is 12.8. The number of carbonyl (C=O) groups is 1. The summed E-state index contributed by atoms with van der Waals surface area (Å²) in [5.74, 6) is 1.37. The molecule has 2 saturated heterocycles. The molecule has 1 amide bonds. The maximum Gasteiger partial charge on any atom is 0.223 e. The lowest BCUT2D eigenvalue weighted by Gasteiger charge is -2.51. The molecular formula is C16H27BrN2O2. The molecule has 21 heavy (non-hydrogen) atoms. The lowest BCUT2D eigenvalue weighted by Crippen LogP contribution is -2.65. The fourth-order valence-corrected chi connectivity index (χ4v) is 5.03. The number of unbranched alkanes of at least 4 members (excludes halogenated alkanes) is 1. The van der Waals surface area contributed by atoms with Gasteiger partial charge in [-0.2, -0.15) is 0 Å². The molecule has 0 radical (unpaired) electrons. The van der Waals surface area contributed by atoms with Crippen molar-refractivity contribution in [2.45, 2.75) is 62.5 Å². The molecule has 2 N–H and O–H groups in total. The number of carbonyl (C=O) groups excluding carboxylic acids is 1. The predicted molar refractivity (Wildman–Crippen MR) is 86.2 cm³/mol. The van der Waals surface area contributed by atoms with Crippen molar-refractivity contribution >= 4 is 21.8 Å². The van der Waals surface area contributed by atoms with Gasteiger partial charge in [-0.05, 0) is 44.6 Å². The molecule has 0 spiro atoms. The maximum atomic E-state index is 12.4. The Bertz CT molecular complexity index is 379. The Labute approximate surface area is 135 Å². The van der Waals surface area contributed by atoms with Crippen LogP contribution in [0.2, 0.25) is 0 Å². The zero-order chi connectivity index (χ0) is 14.8. The van der Waals surface area contributed by atoms with Crippen LogP contribution in [0.25, 0.3) is 0 Å². The molecular weight excluding hydrogens is 332 g/mol. The SMILES string of the molecule is CCCCOC1NCCC2NC(=O)C3CCC(Br)CC3C21. The Morgan fingerprint density at radius 3 is 3.00 bits per heavy atom. The van der Waals surface area contributed by atoms with E-state index in [1.54, 1.807) is 0 Å². The molecule has 6 atom stereocenters. The van der Waals surface area contributed by atoms with Crippen molar-refractivity contribution < 1.29 is 9.53 Å². The highest BCUT2D eigenvalue weighted by atomic mass is 79.9. The minimum absolute atomic E-state index is 0.112. The largest absolute Gasteiger partial charge is 0.363 e. The number of piperidine rings is 2. The molecule has 0 bridgehead atoms. The second-order valence-corrected chi connectivity index (χ2v) is 8.06. The number of hydrogen-bond donors (Lipinski definition) is 2. The van der Waals surface area contributed by atoms with Gasteiger partial charge in [-0.3, -0.25) is 10.1 Å². The van der Waals surface area contributed by atoms with Gasteiger partial charge >= 0.3 is 0 Å². The summed E-state index contributed by atoms with van der Waals surface area (Å²) < 4.78 is 6.13. The lowest BCUT2D eigenvalue weighted by molar-refractivity contribution is -0.144. The molecule has 120 valence electrons. The number of hydrogen-bond acceptors (Lipinski definition) is 3. The normalized spacial score (nSPS) is 42.9. The molecule has 4 nitrogen and oxygen atoms in total. The number of rotatable bonds is 4. The highest BCUT2D eigenvalue weighted by Crippen LogP contribution is 2.44. The van der Waals surface area contributed by atoms with E-state index in [1.165, 1.54) is 0 Å². The molecule has 6 unspecified atom stereocenters. The van der Waals surface area contributed by atoms with Crippen LogP contribution in [0, 0.1) is 17.8 Å².